The Kier molecular flexibility index (Phi) is 5.12. The van der Waals surface area contributed by atoms with E-state index in [2.05, 4.69) is 10.3 Å². The van der Waals surface area contributed by atoms with Crippen LogP contribution in [0.25, 0.3) is 10.9 Å². The van der Waals surface area contributed by atoms with Crippen LogP contribution < -0.4 is 5.32 Å². The Morgan fingerprint density at radius 3 is 2.64 bits per heavy atom. The third kappa shape index (κ3) is 3.77. The molecule has 1 aliphatic rings. The standard InChI is InChI=1S/C24H25FN2O/c1-17-22(15-19-9-3-4-11-21(19)26-17)27-23(28)24(12-5-2-6-13-24)16-18-8-7-10-20(25)14-18/h3-4,7-11,14-15H,2,5-6,12-13,16H2,1H3,(H,27,28). The average molecular weight is 376 g/mol. The maximum Gasteiger partial charge on any atom is 0.230 e. The molecule has 1 aliphatic carbocycles. The van der Waals surface area contributed by atoms with Gasteiger partial charge in [0.25, 0.3) is 0 Å². The molecule has 0 unspecified atom stereocenters. The molecule has 0 radical (unpaired) electrons. The molecule has 4 rings (SSSR count). The number of aromatic nitrogens is 1. The number of rotatable bonds is 4. The molecule has 3 nitrogen and oxygen atoms in total. The summed E-state index contributed by atoms with van der Waals surface area (Å²) in [6.45, 7) is 1.92. The normalized spacial score (nSPS) is 16.1. The highest BCUT2D eigenvalue weighted by molar-refractivity contribution is 5.97. The number of hydrogen-bond donors (Lipinski definition) is 1. The molecule has 2 aromatic carbocycles. The van der Waals surface area contributed by atoms with Crippen LogP contribution >= 0.6 is 0 Å². The van der Waals surface area contributed by atoms with E-state index >= 15 is 0 Å². The van der Waals surface area contributed by atoms with Crippen LogP contribution in [0, 0.1) is 18.2 Å². The second-order valence-corrected chi connectivity index (χ2v) is 7.92. The number of nitrogens with zero attached hydrogens (tertiary/aromatic N) is 1. The smallest absolute Gasteiger partial charge is 0.230 e. The first-order valence-corrected chi connectivity index (χ1v) is 9.98. The van der Waals surface area contributed by atoms with E-state index in [4.69, 9.17) is 0 Å². The van der Waals surface area contributed by atoms with Gasteiger partial charge in [0, 0.05) is 5.39 Å². The molecular weight excluding hydrogens is 351 g/mol. The molecule has 4 heteroatoms. The lowest BCUT2D eigenvalue weighted by Gasteiger charge is -2.36. The number of nitrogens with one attached hydrogen (secondary N) is 1. The van der Waals surface area contributed by atoms with Crippen molar-refractivity contribution in [1.29, 1.82) is 0 Å². The summed E-state index contributed by atoms with van der Waals surface area (Å²) in [7, 11) is 0. The summed E-state index contributed by atoms with van der Waals surface area (Å²) in [5, 5.41) is 4.16. The summed E-state index contributed by atoms with van der Waals surface area (Å²) in [6.07, 6.45) is 5.42. The summed E-state index contributed by atoms with van der Waals surface area (Å²) in [5.41, 5.74) is 2.87. The molecule has 1 aromatic heterocycles. The molecule has 3 aromatic rings. The molecule has 1 amide bonds. The molecule has 0 atom stereocenters. The quantitative estimate of drug-likeness (QED) is 0.624. The Labute approximate surface area is 165 Å². The number of halogens is 1. The fourth-order valence-electron chi connectivity index (χ4n) is 4.34. The van der Waals surface area contributed by atoms with Gasteiger partial charge in [-0.2, -0.15) is 0 Å². The van der Waals surface area contributed by atoms with Crippen molar-refractivity contribution in [2.75, 3.05) is 5.32 Å². The van der Waals surface area contributed by atoms with Crippen molar-refractivity contribution in [2.24, 2.45) is 5.41 Å². The van der Waals surface area contributed by atoms with Crippen molar-refractivity contribution in [3.8, 4) is 0 Å². The summed E-state index contributed by atoms with van der Waals surface area (Å²) in [5.74, 6) is -0.227. The summed E-state index contributed by atoms with van der Waals surface area (Å²) >= 11 is 0. The predicted molar refractivity (Wildman–Crippen MR) is 111 cm³/mol. The van der Waals surface area contributed by atoms with Gasteiger partial charge in [-0.3, -0.25) is 9.78 Å². The summed E-state index contributed by atoms with van der Waals surface area (Å²) < 4.78 is 13.7. The molecule has 144 valence electrons. The molecule has 1 heterocycles. The number of benzene rings is 2. The van der Waals surface area contributed by atoms with E-state index < -0.39 is 5.41 Å². The third-order valence-electron chi connectivity index (χ3n) is 5.89. The maximum absolute atomic E-state index is 13.7. The Hall–Kier alpha value is -2.75. The van der Waals surface area contributed by atoms with Crippen LogP contribution in [-0.2, 0) is 11.2 Å². The zero-order valence-electron chi connectivity index (χ0n) is 16.2. The van der Waals surface area contributed by atoms with Gasteiger partial charge >= 0.3 is 0 Å². The predicted octanol–water partition coefficient (Wildman–Crippen LogP) is 5.81. The SMILES string of the molecule is Cc1nc2ccccc2cc1NC(=O)C1(Cc2cccc(F)c2)CCCCC1. The zero-order valence-corrected chi connectivity index (χ0v) is 16.2. The molecular formula is C24H25FN2O. The van der Waals surface area contributed by atoms with Crippen molar-refractivity contribution in [3.63, 3.8) is 0 Å². The van der Waals surface area contributed by atoms with Crippen LogP contribution in [0.2, 0.25) is 0 Å². The highest BCUT2D eigenvalue weighted by Crippen LogP contribution is 2.40. The van der Waals surface area contributed by atoms with Gasteiger partial charge in [-0.15, -0.1) is 0 Å². The first kappa shape index (κ1) is 18.6. The first-order valence-electron chi connectivity index (χ1n) is 9.98. The van der Waals surface area contributed by atoms with Crippen molar-refractivity contribution in [3.05, 3.63) is 71.7 Å². The second kappa shape index (κ2) is 7.70. The molecule has 28 heavy (non-hydrogen) atoms. The number of pyridine rings is 1. The number of para-hydroxylation sites is 1. The van der Waals surface area contributed by atoms with E-state index in [1.165, 1.54) is 6.07 Å². The van der Waals surface area contributed by atoms with Gasteiger partial charge in [-0.25, -0.2) is 4.39 Å². The van der Waals surface area contributed by atoms with E-state index in [0.29, 0.717) is 6.42 Å². The minimum atomic E-state index is -0.496. The highest BCUT2D eigenvalue weighted by Gasteiger charge is 2.39. The fraction of sp³-hybridized carbons (Fsp3) is 0.333. The lowest BCUT2D eigenvalue weighted by atomic mass is 9.69. The largest absolute Gasteiger partial charge is 0.324 e. The monoisotopic (exact) mass is 376 g/mol. The number of anilines is 1. The Balaban J connectivity index is 1.63. The van der Waals surface area contributed by atoms with Crippen LogP contribution in [0.3, 0.4) is 0 Å². The van der Waals surface area contributed by atoms with Gasteiger partial charge in [0.2, 0.25) is 5.91 Å². The zero-order chi connectivity index (χ0) is 19.6. The van der Waals surface area contributed by atoms with E-state index in [1.54, 1.807) is 12.1 Å². The van der Waals surface area contributed by atoms with Crippen molar-refractivity contribution in [2.45, 2.75) is 45.4 Å². The van der Waals surface area contributed by atoms with Crippen LogP contribution in [-0.4, -0.2) is 10.9 Å². The van der Waals surface area contributed by atoms with Crippen LogP contribution in [0.5, 0.6) is 0 Å². The molecule has 1 fully saturated rings. The lowest BCUT2D eigenvalue weighted by molar-refractivity contribution is -0.127. The van der Waals surface area contributed by atoms with E-state index in [-0.39, 0.29) is 11.7 Å². The van der Waals surface area contributed by atoms with E-state index in [0.717, 1.165) is 60.0 Å². The number of carbonyl (C=O) groups is 1. The van der Waals surface area contributed by atoms with Crippen molar-refractivity contribution >= 4 is 22.5 Å². The van der Waals surface area contributed by atoms with Crippen molar-refractivity contribution < 1.29 is 9.18 Å². The maximum atomic E-state index is 13.7. The molecule has 1 saturated carbocycles. The van der Waals surface area contributed by atoms with Crippen molar-refractivity contribution in [1.82, 2.24) is 4.98 Å². The highest BCUT2D eigenvalue weighted by atomic mass is 19.1. The lowest BCUT2D eigenvalue weighted by Crippen LogP contribution is -2.40. The minimum Gasteiger partial charge on any atom is -0.324 e. The van der Waals surface area contributed by atoms with Gasteiger partial charge in [0.15, 0.2) is 0 Å². The Bertz CT molecular complexity index is 1010. The number of aryl methyl sites for hydroxylation is 1. The second-order valence-electron chi connectivity index (χ2n) is 7.92. The molecule has 0 spiro atoms. The fourth-order valence-corrected chi connectivity index (χ4v) is 4.34. The first-order chi connectivity index (χ1) is 13.6. The Morgan fingerprint density at radius 2 is 1.86 bits per heavy atom. The minimum absolute atomic E-state index is 0.0247. The van der Waals surface area contributed by atoms with Crippen LogP contribution in [0.15, 0.2) is 54.6 Å². The van der Waals surface area contributed by atoms with E-state index in [9.17, 15) is 9.18 Å². The molecule has 0 aliphatic heterocycles. The van der Waals surface area contributed by atoms with Gasteiger partial charge in [-0.05, 0) is 56.0 Å². The third-order valence-corrected chi connectivity index (χ3v) is 5.89. The van der Waals surface area contributed by atoms with E-state index in [1.807, 2.05) is 43.3 Å². The van der Waals surface area contributed by atoms with Gasteiger partial charge in [0.05, 0.1) is 22.3 Å². The van der Waals surface area contributed by atoms with Crippen LogP contribution in [0.1, 0.15) is 43.4 Å². The average Bonchev–Trinajstić information content (AvgIpc) is 2.69. The van der Waals surface area contributed by atoms with Gasteiger partial charge < -0.3 is 5.32 Å². The van der Waals surface area contributed by atoms with Gasteiger partial charge in [-0.1, -0.05) is 49.6 Å². The van der Waals surface area contributed by atoms with Crippen LogP contribution in [0.4, 0.5) is 10.1 Å². The molecule has 1 N–H and O–H groups in total. The van der Waals surface area contributed by atoms with Gasteiger partial charge in [0.1, 0.15) is 5.82 Å². The topological polar surface area (TPSA) is 42.0 Å². The summed E-state index contributed by atoms with van der Waals surface area (Å²) in [6, 6.07) is 16.5. The number of carbonyl (C=O) groups excluding carboxylic acids is 1. The summed E-state index contributed by atoms with van der Waals surface area (Å²) in [4.78, 5) is 18.1. The number of hydrogen-bond acceptors (Lipinski definition) is 2. The molecule has 0 saturated heterocycles. The molecule has 0 bridgehead atoms. The number of amides is 1. The number of fused-ring (bicyclic) bond motifs is 1. The Morgan fingerprint density at radius 1 is 1.07 bits per heavy atom.